The van der Waals surface area contributed by atoms with Crippen molar-refractivity contribution in [3.63, 3.8) is 0 Å². The van der Waals surface area contributed by atoms with Crippen molar-refractivity contribution in [1.82, 2.24) is 10.2 Å². The second kappa shape index (κ2) is 9.89. The van der Waals surface area contributed by atoms with Gasteiger partial charge in [-0.15, -0.1) is 0 Å². The topological polar surface area (TPSA) is 77.1 Å². The molecule has 26 heavy (non-hydrogen) atoms. The zero-order valence-corrected chi connectivity index (χ0v) is 16.5. The van der Waals surface area contributed by atoms with Crippen molar-refractivity contribution in [2.45, 2.75) is 46.3 Å². The molecule has 1 N–H and O–H groups in total. The fourth-order valence-corrected chi connectivity index (χ4v) is 2.32. The van der Waals surface area contributed by atoms with Crippen LogP contribution in [0.25, 0.3) is 0 Å². The van der Waals surface area contributed by atoms with Crippen molar-refractivity contribution in [3.05, 3.63) is 23.8 Å². The lowest BCUT2D eigenvalue weighted by Crippen LogP contribution is -2.36. The van der Waals surface area contributed by atoms with E-state index in [1.54, 1.807) is 39.9 Å². The van der Waals surface area contributed by atoms with E-state index < -0.39 is 11.7 Å². The van der Waals surface area contributed by atoms with Gasteiger partial charge in [0.2, 0.25) is 5.91 Å². The second-order valence-corrected chi connectivity index (χ2v) is 6.78. The highest BCUT2D eigenvalue weighted by Crippen LogP contribution is 2.28. The molecule has 0 unspecified atom stereocenters. The van der Waals surface area contributed by atoms with E-state index in [0.717, 1.165) is 5.56 Å². The number of nitrogens with one attached hydrogen (secondary N) is 1. The molecule has 0 radical (unpaired) electrons. The highest BCUT2D eigenvalue weighted by atomic mass is 16.6. The van der Waals surface area contributed by atoms with Gasteiger partial charge in [0.15, 0.2) is 11.5 Å². The van der Waals surface area contributed by atoms with Gasteiger partial charge in [0.25, 0.3) is 0 Å². The van der Waals surface area contributed by atoms with Crippen LogP contribution in [0.2, 0.25) is 0 Å². The Labute approximate surface area is 155 Å². The van der Waals surface area contributed by atoms with Crippen LogP contribution in [-0.2, 0) is 16.1 Å². The zero-order chi connectivity index (χ0) is 19.7. The number of rotatable bonds is 8. The average Bonchev–Trinajstić information content (AvgIpc) is 2.57. The molecule has 146 valence electrons. The van der Waals surface area contributed by atoms with Crippen molar-refractivity contribution in [1.29, 1.82) is 0 Å². The van der Waals surface area contributed by atoms with E-state index in [4.69, 9.17) is 14.2 Å². The van der Waals surface area contributed by atoms with Gasteiger partial charge < -0.3 is 24.4 Å². The fourth-order valence-electron chi connectivity index (χ4n) is 2.32. The van der Waals surface area contributed by atoms with E-state index in [2.05, 4.69) is 5.32 Å². The van der Waals surface area contributed by atoms with Crippen LogP contribution >= 0.6 is 0 Å². The highest BCUT2D eigenvalue weighted by molar-refractivity contribution is 5.77. The molecule has 1 aromatic carbocycles. The molecule has 0 atom stereocenters. The van der Waals surface area contributed by atoms with Crippen LogP contribution in [0.1, 0.15) is 39.7 Å². The Morgan fingerprint density at radius 3 is 2.31 bits per heavy atom. The maximum Gasteiger partial charge on any atom is 0.407 e. The third-order valence-corrected chi connectivity index (χ3v) is 3.56. The molecule has 0 saturated heterocycles. The van der Waals surface area contributed by atoms with Gasteiger partial charge in [-0.3, -0.25) is 4.79 Å². The first-order valence-corrected chi connectivity index (χ1v) is 8.65. The van der Waals surface area contributed by atoms with Crippen LogP contribution in [-0.4, -0.2) is 49.8 Å². The zero-order valence-electron chi connectivity index (χ0n) is 16.5. The third kappa shape index (κ3) is 7.21. The normalized spacial score (nSPS) is 10.8. The Bertz CT molecular complexity index is 610. The molecule has 0 spiro atoms. The number of amides is 2. The number of hydrogen-bond donors (Lipinski definition) is 1. The first-order chi connectivity index (χ1) is 12.2. The Kier molecular flexibility index (Phi) is 8.22. The van der Waals surface area contributed by atoms with Crippen LogP contribution in [0.15, 0.2) is 18.2 Å². The Hall–Kier alpha value is -2.44. The molecule has 0 aromatic heterocycles. The van der Waals surface area contributed by atoms with Gasteiger partial charge in [-0.1, -0.05) is 6.07 Å². The van der Waals surface area contributed by atoms with Crippen molar-refractivity contribution in [2.24, 2.45) is 0 Å². The number of ether oxygens (including phenoxy) is 3. The minimum atomic E-state index is -0.559. The van der Waals surface area contributed by atoms with E-state index in [0.29, 0.717) is 24.6 Å². The summed E-state index contributed by atoms with van der Waals surface area (Å²) in [6.45, 7) is 8.55. The molecule has 2 amide bonds. The summed E-state index contributed by atoms with van der Waals surface area (Å²) in [7, 11) is 3.16. The summed E-state index contributed by atoms with van der Waals surface area (Å²) in [4.78, 5) is 25.7. The SMILES string of the molecule is CCN(Cc1ccc(OC)c(OC)c1)C(=O)CCNC(=O)OC(C)(C)C. The maximum atomic E-state index is 12.4. The van der Waals surface area contributed by atoms with Crippen LogP contribution in [0.3, 0.4) is 0 Å². The van der Waals surface area contributed by atoms with Gasteiger partial charge in [0.1, 0.15) is 5.60 Å². The van der Waals surface area contributed by atoms with Crippen molar-refractivity contribution in [3.8, 4) is 11.5 Å². The quantitative estimate of drug-likeness (QED) is 0.765. The molecule has 1 aromatic rings. The van der Waals surface area contributed by atoms with Crippen LogP contribution in [0, 0.1) is 0 Å². The average molecular weight is 366 g/mol. The molecular weight excluding hydrogens is 336 g/mol. The third-order valence-electron chi connectivity index (χ3n) is 3.56. The number of benzene rings is 1. The van der Waals surface area contributed by atoms with E-state index >= 15 is 0 Å². The standard InChI is InChI=1S/C19H30N2O5/c1-7-21(13-14-8-9-15(24-5)16(12-14)25-6)17(22)10-11-20-18(23)26-19(2,3)4/h8-9,12H,7,10-11,13H2,1-6H3,(H,20,23). The predicted octanol–water partition coefficient (Wildman–Crippen LogP) is 2.97. The van der Waals surface area contributed by atoms with Gasteiger partial charge in [-0.05, 0) is 45.4 Å². The van der Waals surface area contributed by atoms with Gasteiger partial charge in [-0.2, -0.15) is 0 Å². The number of carbonyl (C=O) groups excluding carboxylic acids is 2. The Morgan fingerprint density at radius 2 is 1.77 bits per heavy atom. The molecule has 0 aliphatic rings. The number of alkyl carbamates (subject to hydrolysis) is 1. The number of methoxy groups -OCH3 is 2. The minimum Gasteiger partial charge on any atom is -0.493 e. The first-order valence-electron chi connectivity index (χ1n) is 8.65. The summed E-state index contributed by atoms with van der Waals surface area (Å²) >= 11 is 0. The number of hydrogen-bond acceptors (Lipinski definition) is 5. The second-order valence-electron chi connectivity index (χ2n) is 6.78. The molecular formula is C19H30N2O5. The molecule has 0 heterocycles. The molecule has 0 saturated carbocycles. The maximum absolute atomic E-state index is 12.4. The van der Waals surface area contributed by atoms with Crippen LogP contribution in [0.5, 0.6) is 11.5 Å². The lowest BCUT2D eigenvalue weighted by molar-refractivity contribution is -0.131. The monoisotopic (exact) mass is 366 g/mol. The smallest absolute Gasteiger partial charge is 0.407 e. The van der Waals surface area contributed by atoms with E-state index in [1.807, 2.05) is 25.1 Å². The van der Waals surface area contributed by atoms with Crippen LogP contribution in [0.4, 0.5) is 4.79 Å². The minimum absolute atomic E-state index is 0.0432. The molecule has 0 aliphatic heterocycles. The Balaban J connectivity index is 2.57. The van der Waals surface area contributed by atoms with E-state index in [-0.39, 0.29) is 18.9 Å². The van der Waals surface area contributed by atoms with Crippen molar-refractivity contribution >= 4 is 12.0 Å². The van der Waals surface area contributed by atoms with Gasteiger partial charge in [-0.25, -0.2) is 4.79 Å². The molecule has 0 bridgehead atoms. The van der Waals surface area contributed by atoms with Gasteiger partial charge in [0, 0.05) is 26.1 Å². The number of carbonyl (C=O) groups is 2. The largest absolute Gasteiger partial charge is 0.493 e. The fraction of sp³-hybridized carbons (Fsp3) is 0.579. The predicted molar refractivity (Wildman–Crippen MR) is 99.5 cm³/mol. The van der Waals surface area contributed by atoms with E-state index in [1.165, 1.54) is 0 Å². The van der Waals surface area contributed by atoms with Crippen molar-refractivity contribution < 1.29 is 23.8 Å². The van der Waals surface area contributed by atoms with Crippen LogP contribution < -0.4 is 14.8 Å². The summed E-state index contributed by atoms with van der Waals surface area (Å²) in [6.07, 6.45) is -0.311. The highest BCUT2D eigenvalue weighted by Gasteiger charge is 2.17. The van der Waals surface area contributed by atoms with Gasteiger partial charge in [0.05, 0.1) is 14.2 Å². The molecule has 0 aliphatic carbocycles. The molecule has 7 heteroatoms. The molecule has 1 rings (SSSR count). The number of nitrogens with zero attached hydrogens (tertiary/aromatic N) is 1. The molecule has 7 nitrogen and oxygen atoms in total. The lowest BCUT2D eigenvalue weighted by Gasteiger charge is -2.22. The summed E-state index contributed by atoms with van der Waals surface area (Å²) in [5.41, 5.74) is 0.384. The van der Waals surface area contributed by atoms with Crippen molar-refractivity contribution in [2.75, 3.05) is 27.3 Å². The molecule has 0 fully saturated rings. The van der Waals surface area contributed by atoms with E-state index in [9.17, 15) is 9.59 Å². The summed E-state index contributed by atoms with van der Waals surface area (Å²) in [5.74, 6) is 1.23. The summed E-state index contributed by atoms with van der Waals surface area (Å²) in [6, 6.07) is 5.57. The first kappa shape index (κ1) is 21.6. The lowest BCUT2D eigenvalue weighted by atomic mass is 10.1. The summed E-state index contributed by atoms with van der Waals surface area (Å²) in [5, 5.41) is 2.60. The summed E-state index contributed by atoms with van der Waals surface area (Å²) < 4.78 is 15.7. The Morgan fingerprint density at radius 1 is 1.12 bits per heavy atom. The van der Waals surface area contributed by atoms with Gasteiger partial charge >= 0.3 is 6.09 Å².